The zero-order valence-electron chi connectivity index (χ0n) is 16.1. The molecule has 0 aliphatic heterocycles. The van der Waals surface area contributed by atoms with Crippen molar-refractivity contribution < 1.29 is 9.53 Å². The molecule has 1 fully saturated rings. The Hall–Kier alpha value is -3.02. The SMILES string of the molecule is COc1ccc(C)c(-c2c(N)c(C(N)=O)c3cc(C)c(C4CC4)nn23)c1C. The van der Waals surface area contributed by atoms with E-state index in [1.807, 2.05) is 39.0 Å². The maximum Gasteiger partial charge on any atom is 0.253 e. The number of fused-ring (bicyclic) bond motifs is 1. The number of amides is 1. The molecule has 27 heavy (non-hydrogen) atoms. The van der Waals surface area contributed by atoms with Crippen LogP contribution in [0.25, 0.3) is 16.8 Å². The van der Waals surface area contributed by atoms with Crippen LogP contribution in [0.15, 0.2) is 18.2 Å². The lowest BCUT2D eigenvalue weighted by molar-refractivity contribution is 0.100. The van der Waals surface area contributed by atoms with E-state index in [9.17, 15) is 4.79 Å². The number of methoxy groups -OCH3 is 1. The molecule has 0 bridgehead atoms. The lowest BCUT2D eigenvalue weighted by Gasteiger charge is -2.15. The number of ether oxygens (including phenoxy) is 1. The minimum atomic E-state index is -0.546. The van der Waals surface area contributed by atoms with Crippen LogP contribution in [0.4, 0.5) is 5.69 Å². The zero-order chi connectivity index (χ0) is 19.5. The summed E-state index contributed by atoms with van der Waals surface area (Å²) in [5, 5.41) is 4.90. The first-order valence-corrected chi connectivity index (χ1v) is 9.11. The van der Waals surface area contributed by atoms with E-state index < -0.39 is 5.91 Å². The second-order valence-corrected chi connectivity index (χ2v) is 7.37. The molecule has 1 aliphatic rings. The standard InChI is InChI=1S/C21H24N4O2/c1-10-5-8-15(27-4)12(3)16(10)20-18(22)17(21(23)26)14-9-11(2)19(13-6-7-13)24-25(14)20/h5,8-9,13H,6-7,22H2,1-4H3,(H2,23,26). The number of carbonyl (C=O) groups is 1. The minimum Gasteiger partial charge on any atom is -0.496 e. The van der Waals surface area contributed by atoms with Crippen LogP contribution in [0.5, 0.6) is 5.75 Å². The lowest BCUT2D eigenvalue weighted by atomic mass is 9.98. The van der Waals surface area contributed by atoms with Crippen molar-refractivity contribution in [3.8, 4) is 17.0 Å². The van der Waals surface area contributed by atoms with Crippen LogP contribution < -0.4 is 16.2 Å². The highest BCUT2D eigenvalue weighted by atomic mass is 16.5. The Kier molecular flexibility index (Phi) is 3.87. The molecule has 1 amide bonds. The summed E-state index contributed by atoms with van der Waals surface area (Å²) in [7, 11) is 1.64. The molecule has 140 valence electrons. The third-order valence-electron chi connectivity index (χ3n) is 5.48. The van der Waals surface area contributed by atoms with Gasteiger partial charge in [0.1, 0.15) is 5.75 Å². The Morgan fingerprint density at radius 1 is 1.22 bits per heavy atom. The van der Waals surface area contributed by atoms with Crippen molar-refractivity contribution in [1.82, 2.24) is 9.61 Å². The van der Waals surface area contributed by atoms with E-state index >= 15 is 0 Å². The number of nitrogen functional groups attached to an aromatic ring is 1. The Bertz CT molecular complexity index is 1090. The monoisotopic (exact) mass is 364 g/mol. The van der Waals surface area contributed by atoms with Gasteiger partial charge in [0.2, 0.25) is 0 Å². The molecule has 1 saturated carbocycles. The van der Waals surface area contributed by atoms with Crippen molar-refractivity contribution in [2.75, 3.05) is 12.8 Å². The van der Waals surface area contributed by atoms with Gasteiger partial charge in [0.25, 0.3) is 5.91 Å². The van der Waals surface area contributed by atoms with E-state index in [1.54, 1.807) is 11.6 Å². The maximum atomic E-state index is 12.2. The van der Waals surface area contributed by atoms with Crippen molar-refractivity contribution in [3.63, 3.8) is 0 Å². The van der Waals surface area contributed by atoms with E-state index in [0.717, 1.165) is 46.5 Å². The van der Waals surface area contributed by atoms with Crippen LogP contribution in [0.1, 0.15) is 51.5 Å². The van der Waals surface area contributed by atoms with Gasteiger partial charge in [0.15, 0.2) is 0 Å². The van der Waals surface area contributed by atoms with Gasteiger partial charge >= 0.3 is 0 Å². The van der Waals surface area contributed by atoms with Gasteiger partial charge < -0.3 is 16.2 Å². The van der Waals surface area contributed by atoms with Gasteiger partial charge in [-0.2, -0.15) is 5.10 Å². The summed E-state index contributed by atoms with van der Waals surface area (Å²) < 4.78 is 7.29. The number of aryl methyl sites for hydroxylation is 2. The first kappa shape index (κ1) is 17.4. The Labute approximate surface area is 158 Å². The smallest absolute Gasteiger partial charge is 0.253 e. The summed E-state index contributed by atoms with van der Waals surface area (Å²) in [6.45, 7) is 6.02. The molecule has 1 aromatic carbocycles. The van der Waals surface area contributed by atoms with Crippen molar-refractivity contribution in [3.05, 3.63) is 46.1 Å². The molecule has 2 aromatic heterocycles. The molecule has 0 saturated heterocycles. The molecule has 3 aromatic rings. The minimum absolute atomic E-state index is 0.324. The highest BCUT2D eigenvalue weighted by molar-refractivity contribution is 6.09. The second-order valence-electron chi connectivity index (χ2n) is 7.37. The highest BCUT2D eigenvalue weighted by Crippen LogP contribution is 2.43. The summed E-state index contributed by atoms with van der Waals surface area (Å²) in [5.41, 5.74) is 19.2. The molecule has 0 spiro atoms. The maximum absolute atomic E-state index is 12.2. The van der Waals surface area contributed by atoms with Gasteiger partial charge in [-0.25, -0.2) is 4.52 Å². The summed E-state index contributed by atoms with van der Waals surface area (Å²) in [6, 6.07) is 5.90. The Balaban J connectivity index is 2.14. The number of anilines is 1. The van der Waals surface area contributed by atoms with Crippen LogP contribution >= 0.6 is 0 Å². The lowest BCUT2D eigenvalue weighted by Crippen LogP contribution is -2.12. The summed E-state index contributed by atoms with van der Waals surface area (Å²) in [5.74, 6) is 0.699. The number of primary amides is 1. The molecule has 6 nitrogen and oxygen atoms in total. The fraction of sp³-hybridized carbons (Fsp3) is 0.333. The molecular formula is C21H24N4O2. The molecule has 2 heterocycles. The van der Waals surface area contributed by atoms with Gasteiger partial charge in [-0.3, -0.25) is 4.79 Å². The van der Waals surface area contributed by atoms with Crippen LogP contribution in [-0.2, 0) is 0 Å². The van der Waals surface area contributed by atoms with Gasteiger partial charge in [-0.05, 0) is 56.9 Å². The van der Waals surface area contributed by atoms with Crippen LogP contribution in [0.3, 0.4) is 0 Å². The number of benzene rings is 1. The number of nitrogens with two attached hydrogens (primary N) is 2. The van der Waals surface area contributed by atoms with E-state index in [4.69, 9.17) is 21.3 Å². The van der Waals surface area contributed by atoms with Crippen molar-refractivity contribution in [2.24, 2.45) is 5.73 Å². The number of hydrogen-bond donors (Lipinski definition) is 2. The molecule has 4 rings (SSSR count). The summed E-state index contributed by atoms with van der Waals surface area (Å²) in [6.07, 6.45) is 2.29. The summed E-state index contributed by atoms with van der Waals surface area (Å²) >= 11 is 0. The first-order valence-electron chi connectivity index (χ1n) is 9.11. The molecule has 4 N–H and O–H groups in total. The highest BCUT2D eigenvalue weighted by Gasteiger charge is 2.30. The van der Waals surface area contributed by atoms with Gasteiger partial charge in [0.05, 0.1) is 35.3 Å². The van der Waals surface area contributed by atoms with Gasteiger partial charge in [-0.1, -0.05) is 6.07 Å². The fourth-order valence-electron chi connectivity index (χ4n) is 3.97. The van der Waals surface area contributed by atoms with E-state index in [2.05, 4.69) is 0 Å². The van der Waals surface area contributed by atoms with Crippen molar-refractivity contribution in [1.29, 1.82) is 0 Å². The van der Waals surface area contributed by atoms with Gasteiger partial charge in [-0.15, -0.1) is 0 Å². The number of nitrogens with zero attached hydrogens (tertiary/aromatic N) is 2. The Morgan fingerprint density at radius 2 is 1.93 bits per heavy atom. The summed E-state index contributed by atoms with van der Waals surface area (Å²) in [4.78, 5) is 12.2. The molecule has 0 unspecified atom stereocenters. The number of hydrogen-bond acceptors (Lipinski definition) is 4. The van der Waals surface area contributed by atoms with Crippen molar-refractivity contribution in [2.45, 2.75) is 39.5 Å². The van der Waals surface area contributed by atoms with E-state index in [-0.39, 0.29) is 0 Å². The molecule has 1 aliphatic carbocycles. The predicted octanol–water partition coefficient (Wildman–Crippen LogP) is 3.49. The van der Waals surface area contributed by atoms with E-state index in [0.29, 0.717) is 28.4 Å². The zero-order valence-corrected chi connectivity index (χ0v) is 16.1. The van der Waals surface area contributed by atoms with Crippen LogP contribution in [-0.4, -0.2) is 22.6 Å². The molecule has 6 heteroatoms. The first-order chi connectivity index (χ1) is 12.8. The van der Waals surface area contributed by atoms with Crippen LogP contribution in [0.2, 0.25) is 0 Å². The van der Waals surface area contributed by atoms with E-state index in [1.165, 1.54) is 0 Å². The predicted molar refractivity (Wildman–Crippen MR) is 106 cm³/mol. The van der Waals surface area contributed by atoms with Gasteiger partial charge in [0, 0.05) is 17.0 Å². The normalized spacial score (nSPS) is 13.9. The number of rotatable bonds is 4. The third kappa shape index (κ3) is 2.55. The molecular weight excluding hydrogens is 340 g/mol. The topological polar surface area (TPSA) is 95.6 Å². The number of aromatic nitrogens is 2. The average Bonchev–Trinajstić information content (AvgIpc) is 3.40. The Morgan fingerprint density at radius 3 is 2.52 bits per heavy atom. The second kappa shape index (κ2) is 6.01. The fourth-order valence-corrected chi connectivity index (χ4v) is 3.97. The molecule has 0 radical (unpaired) electrons. The number of carbonyl (C=O) groups excluding carboxylic acids is 1. The quantitative estimate of drug-likeness (QED) is 0.741. The molecule has 0 atom stereocenters. The van der Waals surface area contributed by atoms with Crippen LogP contribution in [0, 0.1) is 20.8 Å². The van der Waals surface area contributed by atoms with Crippen molar-refractivity contribution >= 4 is 17.1 Å². The average molecular weight is 364 g/mol. The third-order valence-corrected chi connectivity index (χ3v) is 5.48. The largest absolute Gasteiger partial charge is 0.496 e.